The molecular formula is C12H15BrN2. The number of halogens is 1. The monoisotopic (exact) mass is 266 g/mol. The molecule has 2 aromatic rings. The summed E-state index contributed by atoms with van der Waals surface area (Å²) in [6.07, 6.45) is 0. The van der Waals surface area contributed by atoms with Gasteiger partial charge in [-0.25, -0.2) is 0 Å². The minimum Gasteiger partial charge on any atom is -0.357 e. The Labute approximate surface area is 98.0 Å². The van der Waals surface area contributed by atoms with Crippen LogP contribution in [0, 0.1) is 0 Å². The largest absolute Gasteiger partial charge is 0.357 e. The molecule has 0 aliphatic heterocycles. The van der Waals surface area contributed by atoms with E-state index in [0.29, 0.717) is 12.5 Å². The molecule has 0 unspecified atom stereocenters. The number of fused-ring (bicyclic) bond motifs is 1. The molecule has 1 aromatic carbocycles. The summed E-state index contributed by atoms with van der Waals surface area (Å²) in [5.74, 6) is 0.519. The van der Waals surface area contributed by atoms with E-state index in [2.05, 4.69) is 53.0 Å². The summed E-state index contributed by atoms with van der Waals surface area (Å²) in [6.45, 7) is 4.95. The van der Waals surface area contributed by atoms with Gasteiger partial charge in [0.1, 0.15) is 0 Å². The highest BCUT2D eigenvalue weighted by atomic mass is 79.9. The van der Waals surface area contributed by atoms with Gasteiger partial charge < -0.3 is 10.7 Å². The van der Waals surface area contributed by atoms with Crippen molar-refractivity contribution in [1.82, 2.24) is 4.98 Å². The van der Waals surface area contributed by atoms with Gasteiger partial charge in [0.2, 0.25) is 0 Å². The molecule has 0 atom stereocenters. The normalized spacial score (nSPS) is 11.5. The van der Waals surface area contributed by atoms with Crippen LogP contribution < -0.4 is 5.73 Å². The van der Waals surface area contributed by atoms with Crippen LogP contribution in [0.15, 0.2) is 22.7 Å². The molecule has 3 heteroatoms. The fraction of sp³-hybridized carbons (Fsp3) is 0.333. The van der Waals surface area contributed by atoms with Crippen LogP contribution in [-0.2, 0) is 6.54 Å². The van der Waals surface area contributed by atoms with Gasteiger partial charge in [0.05, 0.1) is 5.52 Å². The van der Waals surface area contributed by atoms with E-state index in [0.717, 1.165) is 15.6 Å². The number of nitrogens with one attached hydrogen (secondary N) is 1. The standard InChI is InChI=1S/C12H15BrN2/c1-7(2)11-5-9-3-8(6-14)4-10(13)12(9)15-11/h3-5,7,15H,6,14H2,1-2H3. The number of aromatic amines is 1. The number of benzene rings is 1. The first-order valence-electron chi connectivity index (χ1n) is 5.13. The maximum Gasteiger partial charge on any atom is 0.0600 e. The fourth-order valence-electron chi connectivity index (χ4n) is 1.71. The van der Waals surface area contributed by atoms with Crippen LogP contribution in [-0.4, -0.2) is 4.98 Å². The van der Waals surface area contributed by atoms with Gasteiger partial charge >= 0.3 is 0 Å². The highest BCUT2D eigenvalue weighted by molar-refractivity contribution is 9.10. The Kier molecular flexibility index (Phi) is 2.85. The van der Waals surface area contributed by atoms with Gasteiger partial charge in [0.15, 0.2) is 0 Å². The summed E-state index contributed by atoms with van der Waals surface area (Å²) in [7, 11) is 0. The minimum atomic E-state index is 0.519. The molecule has 0 fully saturated rings. The molecule has 0 saturated carbocycles. The Morgan fingerprint density at radius 3 is 2.67 bits per heavy atom. The Balaban J connectivity index is 2.64. The van der Waals surface area contributed by atoms with Crippen molar-refractivity contribution in [2.24, 2.45) is 5.73 Å². The maximum atomic E-state index is 5.65. The van der Waals surface area contributed by atoms with Crippen molar-refractivity contribution in [3.63, 3.8) is 0 Å². The molecule has 0 aliphatic carbocycles. The Morgan fingerprint density at radius 2 is 2.07 bits per heavy atom. The van der Waals surface area contributed by atoms with Gasteiger partial charge in [-0.3, -0.25) is 0 Å². The first kappa shape index (κ1) is 10.7. The third kappa shape index (κ3) is 1.94. The van der Waals surface area contributed by atoms with Crippen LogP contribution in [0.4, 0.5) is 0 Å². The zero-order valence-corrected chi connectivity index (χ0v) is 10.6. The van der Waals surface area contributed by atoms with Gasteiger partial charge in [0, 0.05) is 22.1 Å². The highest BCUT2D eigenvalue weighted by Gasteiger charge is 2.07. The lowest BCUT2D eigenvalue weighted by molar-refractivity contribution is 0.836. The van der Waals surface area contributed by atoms with Gasteiger partial charge in [-0.15, -0.1) is 0 Å². The second-order valence-electron chi connectivity index (χ2n) is 4.13. The molecule has 1 heterocycles. The number of H-pyrrole nitrogens is 1. The second kappa shape index (κ2) is 3.99. The summed E-state index contributed by atoms with van der Waals surface area (Å²) in [5, 5.41) is 1.23. The van der Waals surface area contributed by atoms with Gasteiger partial charge in [0.25, 0.3) is 0 Å². The zero-order valence-electron chi connectivity index (χ0n) is 8.97. The third-order valence-electron chi connectivity index (χ3n) is 2.62. The van der Waals surface area contributed by atoms with Gasteiger partial charge in [-0.2, -0.15) is 0 Å². The first-order valence-corrected chi connectivity index (χ1v) is 5.92. The van der Waals surface area contributed by atoms with E-state index < -0.39 is 0 Å². The molecule has 0 saturated heterocycles. The first-order chi connectivity index (χ1) is 7.11. The third-order valence-corrected chi connectivity index (χ3v) is 3.24. The molecule has 1 aromatic heterocycles. The average molecular weight is 267 g/mol. The molecule has 15 heavy (non-hydrogen) atoms. The predicted molar refractivity (Wildman–Crippen MR) is 68.0 cm³/mol. The summed E-state index contributed by atoms with van der Waals surface area (Å²) in [5.41, 5.74) is 9.23. The molecule has 3 N–H and O–H groups in total. The van der Waals surface area contributed by atoms with E-state index >= 15 is 0 Å². The topological polar surface area (TPSA) is 41.8 Å². The van der Waals surface area contributed by atoms with Crippen LogP contribution in [0.1, 0.15) is 31.0 Å². The highest BCUT2D eigenvalue weighted by Crippen LogP contribution is 2.28. The molecule has 80 valence electrons. The summed E-state index contributed by atoms with van der Waals surface area (Å²) in [6, 6.07) is 6.41. The Hall–Kier alpha value is -0.800. The SMILES string of the molecule is CC(C)c1cc2cc(CN)cc(Br)c2[nH]1. The van der Waals surface area contributed by atoms with Crippen LogP contribution in [0.2, 0.25) is 0 Å². The molecule has 0 spiro atoms. The lowest BCUT2D eigenvalue weighted by Gasteiger charge is -2.00. The van der Waals surface area contributed by atoms with Crippen molar-refractivity contribution in [2.45, 2.75) is 26.3 Å². The lowest BCUT2D eigenvalue weighted by Crippen LogP contribution is -1.95. The van der Waals surface area contributed by atoms with Gasteiger partial charge in [-0.1, -0.05) is 13.8 Å². The Morgan fingerprint density at radius 1 is 1.33 bits per heavy atom. The van der Waals surface area contributed by atoms with E-state index in [1.54, 1.807) is 0 Å². The molecule has 2 rings (SSSR count). The van der Waals surface area contributed by atoms with Crippen molar-refractivity contribution in [1.29, 1.82) is 0 Å². The minimum absolute atomic E-state index is 0.519. The molecule has 0 bridgehead atoms. The van der Waals surface area contributed by atoms with Crippen LogP contribution >= 0.6 is 15.9 Å². The van der Waals surface area contributed by atoms with E-state index in [-0.39, 0.29) is 0 Å². The number of nitrogens with two attached hydrogens (primary N) is 1. The van der Waals surface area contributed by atoms with E-state index in [4.69, 9.17) is 5.73 Å². The summed E-state index contributed by atoms with van der Waals surface area (Å²) < 4.78 is 1.09. The maximum absolute atomic E-state index is 5.65. The van der Waals surface area contributed by atoms with Crippen molar-refractivity contribution < 1.29 is 0 Å². The number of aromatic nitrogens is 1. The summed E-state index contributed by atoms with van der Waals surface area (Å²) >= 11 is 3.56. The van der Waals surface area contributed by atoms with E-state index in [9.17, 15) is 0 Å². The molecule has 2 nitrogen and oxygen atoms in total. The van der Waals surface area contributed by atoms with Crippen molar-refractivity contribution in [2.75, 3.05) is 0 Å². The number of hydrogen-bond acceptors (Lipinski definition) is 1. The average Bonchev–Trinajstić information content (AvgIpc) is 2.61. The van der Waals surface area contributed by atoms with Crippen molar-refractivity contribution in [3.8, 4) is 0 Å². The molecule has 0 aliphatic rings. The molecule has 0 radical (unpaired) electrons. The van der Waals surface area contributed by atoms with Crippen molar-refractivity contribution in [3.05, 3.63) is 33.9 Å². The quantitative estimate of drug-likeness (QED) is 0.858. The van der Waals surface area contributed by atoms with Gasteiger partial charge in [-0.05, 0) is 45.6 Å². The van der Waals surface area contributed by atoms with Crippen LogP contribution in [0.5, 0.6) is 0 Å². The summed E-state index contributed by atoms with van der Waals surface area (Å²) in [4.78, 5) is 3.43. The molecular weight excluding hydrogens is 252 g/mol. The molecule has 0 amide bonds. The smallest absolute Gasteiger partial charge is 0.0600 e. The predicted octanol–water partition coefficient (Wildman–Crippen LogP) is 3.51. The lowest BCUT2D eigenvalue weighted by atomic mass is 10.1. The van der Waals surface area contributed by atoms with E-state index in [1.165, 1.54) is 11.1 Å². The van der Waals surface area contributed by atoms with Crippen molar-refractivity contribution >= 4 is 26.8 Å². The Bertz CT molecular complexity index is 486. The van der Waals surface area contributed by atoms with Crippen LogP contribution in [0.3, 0.4) is 0 Å². The van der Waals surface area contributed by atoms with Crippen LogP contribution in [0.25, 0.3) is 10.9 Å². The number of rotatable bonds is 2. The second-order valence-corrected chi connectivity index (χ2v) is 4.98. The zero-order chi connectivity index (χ0) is 11.0. The van der Waals surface area contributed by atoms with E-state index in [1.807, 2.05) is 0 Å². The fourth-order valence-corrected chi connectivity index (χ4v) is 2.33. The number of hydrogen-bond donors (Lipinski definition) is 2.